The topological polar surface area (TPSA) is 77.5 Å². The molecule has 2 aromatic carbocycles. The van der Waals surface area contributed by atoms with Gasteiger partial charge in [0.05, 0.1) is 17.6 Å². The summed E-state index contributed by atoms with van der Waals surface area (Å²) in [6.07, 6.45) is 0.582. The first-order chi connectivity index (χ1) is 11.5. The smallest absolute Gasteiger partial charge is 0.237 e. The Bertz CT molecular complexity index is 799. The van der Waals surface area contributed by atoms with Crippen molar-refractivity contribution in [1.29, 1.82) is 0 Å². The van der Waals surface area contributed by atoms with Gasteiger partial charge in [-0.05, 0) is 41.8 Å². The lowest BCUT2D eigenvalue weighted by Crippen LogP contribution is -2.31. The standard InChI is InChI=1S/C18H14ClNO4/c19-14-5-1-11(2-6-14)9-13-10-16(21)20(17(13)22)15-7-3-12(4-8-15)18(23)24/h1-8,13H,9-10H2,(H,23,24)/p-1/t13-/m0/s1. The maximum absolute atomic E-state index is 12.6. The predicted octanol–water partition coefficient (Wildman–Crippen LogP) is 1.83. The fourth-order valence-electron chi connectivity index (χ4n) is 2.78. The van der Waals surface area contributed by atoms with E-state index in [-0.39, 0.29) is 23.8 Å². The van der Waals surface area contributed by atoms with E-state index in [1.54, 1.807) is 12.1 Å². The zero-order chi connectivity index (χ0) is 17.3. The molecule has 0 aliphatic carbocycles. The number of halogens is 1. The van der Waals surface area contributed by atoms with Gasteiger partial charge >= 0.3 is 0 Å². The number of anilines is 1. The second kappa shape index (κ2) is 6.45. The summed E-state index contributed by atoms with van der Waals surface area (Å²) in [5, 5.41) is 11.4. The van der Waals surface area contributed by atoms with Gasteiger partial charge in [0.15, 0.2) is 0 Å². The molecule has 0 unspecified atom stereocenters. The van der Waals surface area contributed by atoms with Crippen LogP contribution in [0.4, 0.5) is 5.69 Å². The van der Waals surface area contributed by atoms with Gasteiger partial charge in [0.1, 0.15) is 0 Å². The molecule has 0 bridgehead atoms. The molecular weight excluding hydrogens is 330 g/mol. The molecule has 1 fully saturated rings. The Balaban J connectivity index is 1.78. The number of rotatable bonds is 4. The van der Waals surface area contributed by atoms with E-state index < -0.39 is 11.9 Å². The molecule has 0 N–H and O–H groups in total. The second-order valence-corrected chi connectivity index (χ2v) is 6.07. The summed E-state index contributed by atoms with van der Waals surface area (Å²) >= 11 is 5.84. The summed E-state index contributed by atoms with van der Waals surface area (Å²) < 4.78 is 0. The van der Waals surface area contributed by atoms with Crippen molar-refractivity contribution in [3.05, 3.63) is 64.7 Å². The van der Waals surface area contributed by atoms with Gasteiger partial charge in [0.2, 0.25) is 11.8 Å². The Kier molecular flexibility index (Phi) is 4.36. The summed E-state index contributed by atoms with van der Waals surface area (Å²) in [7, 11) is 0. The second-order valence-electron chi connectivity index (χ2n) is 5.63. The fourth-order valence-corrected chi connectivity index (χ4v) is 2.90. The number of nitrogens with zero attached hydrogens (tertiary/aromatic N) is 1. The van der Waals surface area contributed by atoms with Crippen molar-refractivity contribution in [2.75, 3.05) is 4.90 Å². The lowest BCUT2D eigenvalue weighted by atomic mass is 9.98. The fraction of sp³-hybridized carbons (Fsp3) is 0.167. The van der Waals surface area contributed by atoms with E-state index in [1.165, 1.54) is 24.3 Å². The molecule has 0 spiro atoms. The first-order valence-electron chi connectivity index (χ1n) is 7.38. The predicted molar refractivity (Wildman–Crippen MR) is 86.5 cm³/mol. The van der Waals surface area contributed by atoms with Crippen LogP contribution in [0.15, 0.2) is 48.5 Å². The molecule has 5 nitrogen and oxygen atoms in total. The van der Waals surface area contributed by atoms with E-state index in [0.29, 0.717) is 17.1 Å². The van der Waals surface area contributed by atoms with Crippen LogP contribution in [0.5, 0.6) is 0 Å². The van der Waals surface area contributed by atoms with Crippen LogP contribution in [0.25, 0.3) is 0 Å². The van der Waals surface area contributed by atoms with E-state index in [2.05, 4.69) is 0 Å². The molecule has 24 heavy (non-hydrogen) atoms. The largest absolute Gasteiger partial charge is 0.545 e. The van der Waals surface area contributed by atoms with Gasteiger partial charge in [-0.15, -0.1) is 0 Å². The molecule has 1 aliphatic rings. The third-order valence-corrected chi connectivity index (χ3v) is 4.25. The van der Waals surface area contributed by atoms with Crippen molar-refractivity contribution in [3.63, 3.8) is 0 Å². The number of amides is 2. The van der Waals surface area contributed by atoms with Crippen LogP contribution in [0.3, 0.4) is 0 Å². The van der Waals surface area contributed by atoms with Crippen molar-refractivity contribution >= 4 is 35.1 Å². The van der Waals surface area contributed by atoms with E-state index in [4.69, 9.17) is 11.6 Å². The normalized spacial score (nSPS) is 17.4. The molecular formula is C18H13ClNO4-. The minimum absolute atomic E-state index is 0.00411. The van der Waals surface area contributed by atoms with Crippen molar-refractivity contribution in [1.82, 2.24) is 0 Å². The SMILES string of the molecule is O=C([O-])c1ccc(N2C(=O)C[C@H](Cc3ccc(Cl)cc3)C2=O)cc1. The number of imide groups is 1. The zero-order valence-corrected chi connectivity index (χ0v) is 13.3. The molecule has 1 aliphatic heterocycles. The highest BCUT2D eigenvalue weighted by molar-refractivity contribution is 6.30. The highest BCUT2D eigenvalue weighted by Gasteiger charge is 2.39. The summed E-state index contributed by atoms with van der Waals surface area (Å²) in [5.74, 6) is -2.31. The molecule has 2 amide bonds. The lowest BCUT2D eigenvalue weighted by molar-refractivity contribution is -0.255. The summed E-state index contributed by atoms with van der Waals surface area (Å²) in [6.45, 7) is 0. The Labute approximate surface area is 143 Å². The first kappa shape index (κ1) is 16.2. The number of benzene rings is 2. The molecule has 0 radical (unpaired) electrons. The Hall–Kier alpha value is -2.66. The molecule has 6 heteroatoms. The molecule has 1 heterocycles. The van der Waals surface area contributed by atoms with Crippen molar-refractivity contribution < 1.29 is 19.5 Å². The lowest BCUT2D eigenvalue weighted by Gasteiger charge is -2.16. The number of carboxylic acids is 1. The minimum atomic E-state index is -1.30. The van der Waals surface area contributed by atoms with Gasteiger partial charge < -0.3 is 9.90 Å². The van der Waals surface area contributed by atoms with Gasteiger partial charge in [0, 0.05) is 11.4 Å². The van der Waals surface area contributed by atoms with Gasteiger partial charge in [0.25, 0.3) is 0 Å². The Morgan fingerprint density at radius 1 is 1.08 bits per heavy atom. The van der Waals surface area contributed by atoms with Crippen LogP contribution in [0.1, 0.15) is 22.3 Å². The van der Waals surface area contributed by atoms with Crippen LogP contribution < -0.4 is 10.0 Å². The van der Waals surface area contributed by atoms with Crippen LogP contribution in [-0.2, 0) is 16.0 Å². The maximum atomic E-state index is 12.6. The van der Waals surface area contributed by atoms with Crippen LogP contribution in [0.2, 0.25) is 5.02 Å². The Morgan fingerprint density at radius 2 is 1.71 bits per heavy atom. The van der Waals surface area contributed by atoms with E-state index in [0.717, 1.165) is 10.5 Å². The maximum Gasteiger partial charge on any atom is 0.237 e. The van der Waals surface area contributed by atoms with Gasteiger partial charge in [-0.1, -0.05) is 35.9 Å². The van der Waals surface area contributed by atoms with Crippen molar-refractivity contribution in [2.24, 2.45) is 5.92 Å². The van der Waals surface area contributed by atoms with Crippen LogP contribution in [0, 0.1) is 5.92 Å². The van der Waals surface area contributed by atoms with Crippen molar-refractivity contribution in [3.8, 4) is 0 Å². The Morgan fingerprint density at radius 3 is 2.29 bits per heavy atom. The zero-order valence-electron chi connectivity index (χ0n) is 12.6. The van der Waals surface area contributed by atoms with Gasteiger partial charge in [-0.25, -0.2) is 0 Å². The molecule has 1 saturated heterocycles. The number of carbonyl (C=O) groups is 3. The average molecular weight is 343 g/mol. The number of hydrogen-bond acceptors (Lipinski definition) is 4. The number of carbonyl (C=O) groups excluding carboxylic acids is 3. The van der Waals surface area contributed by atoms with Crippen molar-refractivity contribution in [2.45, 2.75) is 12.8 Å². The highest BCUT2D eigenvalue weighted by Crippen LogP contribution is 2.29. The molecule has 122 valence electrons. The molecule has 0 saturated carbocycles. The van der Waals surface area contributed by atoms with Gasteiger partial charge in [-0.3, -0.25) is 14.5 Å². The van der Waals surface area contributed by atoms with E-state index >= 15 is 0 Å². The summed E-state index contributed by atoms with van der Waals surface area (Å²) in [5.41, 5.74) is 1.30. The number of aromatic carboxylic acids is 1. The monoisotopic (exact) mass is 342 g/mol. The number of hydrogen-bond donors (Lipinski definition) is 0. The summed E-state index contributed by atoms with van der Waals surface area (Å²) in [6, 6.07) is 12.7. The average Bonchev–Trinajstić information content (AvgIpc) is 2.83. The molecule has 3 rings (SSSR count). The minimum Gasteiger partial charge on any atom is -0.545 e. The first-order valence-corrected chi connectivity index (χ1v) is 7.76. The van der Waals surface area contributed by atoms with Crippen LogP contribution >= 0.6 is 11.6 Å². The third kappa shape index (κ3) is 3.16. The van der Waals surface area contributed by atoms with Gasteiger partial charge in [-0.2, -0.15) is 0 Å². The van der Waals surface area contributed by atoms with E-state index in [9.17, 15) is 19.5 Å². The van der Waals surface area contributed by atoms with Crippen LogP contribution in [-0.4, -0.2) is 17.8 Å². The highest BCUT2D eigenvalue weighted by atomic mass is 35.5. The quantitative estimate of drug-likeness (QED) is 0.794. The molecule has 0 aromatic heterocycles. The molecule has 2 aromatic rings. The summed E-state index contributed by atoms with van der Waals surface area (Å²) in [4.78, 5) is 36.7. The number of carboxylic acid groups (broad SMARTS) is 1. The van der Waals surface area contributed by atoms with E-state index in [1.807, 2.05) is 12.1 Å². The third-order valence-electron chi connectivity index (χ3n) is 4.00. The molecule has 1 atom stereocenters.